The molecule has 0 aliphatic heterocycles. The van der Waals surface area contributed by atoms with Crippen molar-refractivity contribution < 1.29 is 9.47 Å². The fourth-order valence-electron chi connectivity index (χ4n) is 5.00. The van der Waals surface area contributed by atoms with Crippen LogP contribution in [0.2, 0.25) is 0 Å². The van der Waals surface area contributed by atoms with E-state index >= 15 is 0 Å². The van der Waals surface area contributed by atoms with Crippen molar-refractivity contribution in [2.24, 2.45) is 11.8 Å². The molecular formula is C22H28N2O2. The summed E-state index contributed by atoms with van der Waals surface area (Å²) in [6.07, 6.45) is 9.20. The molecule has 1 aromatic heterocycles. The zero-order chi connectivity index (χ0) is 17.9. The van der Waals surface area contributed by atoms with E-state index in [1.165, 1.54) is 36.8 Å². The zero-order valence-corrected chi connectivity index (χ0v) is 15.7. The Morgan fingerprint density at radius 1 is 1.04 bits per heavy atom. The van der Waals surface area contributed by atoms with Gasteiger partial charge in [0.15, 0.2) is 11.5 Å². The number of nitrogens with one attached hydrogen (secondary N) is 1. The van der Waals surface area contributed by atoms with Crippen LogP contribution >= 0.6 is 0 Å². The standard InChI is InChI=1S/C22H28N2O2/c1-25-19-10-9-16(12-20(19)26-2)21-17-7-3-4-8-18(17)22(21)24-14-15-6-5-11-23-13-15/h5-6,9-13,17-18,21-22,24H,3-4,7-8,14H2,1-2H3/t17-,18-,21+,22+/m1/s1. The molecule has 138 valence electrons. The molecule has 0 radical (unpaired) electrons. The van der Waals surface area contributed by atoms with E-state index in [0.717, 1.165) is 29.9 Å². The molecule has 1 N–H and O–H groups in total. The molecule has 26 heavy (non-hydrogen) atoms. The first kappa shape index (κ1) is 17.3. The molecule has 0 saturated heterocycles. The van der Waals surface area contributed by atoms with Crippen LogP contribution in [0.25, 0.3) is 0 Å². The van der Waals surface area contributed by atoms with Gasteiger partial charge in [0.05, 0.1) is 14.2 Å². The number of pyridine rings is 1. The van der Waals surface area contributed by atoms with E-state index in [1.807, 2.05) is 24.5 Å². The second kappa shape index (κ2) is 7.67. The number of aromatic nitrogens is 1. The normalized spacial score (nSPS) is 27.3. The van der Waals surface area contributed by atoms with Crippen molar-refractivity contribution >= 4 is 0 Å². The van der Waals surface area contributed by atoms with Gasteiger partial charge >= 0.3 is 0 Å². The van der Waals surface area contributed by atoms with Crippen molar-refractivity contribution in [2.45, 2.75) is 44.2 Å². The number of fused-ring (bicyclic) bond motifs is 1. The second-order valence-corrected chi connectivity index (χ2v) is 7.52. The second-order valence-electron chi connectivity index (χ2n) is 7.52. The van der Waals surface area contributed by atoms with Crippen molar-refractivity contribution in [2.75, 3.05) is 14.2 Å². The van der Waals surface area contributed by atoms with E-state index in [4.69, 9.17) is 9.47 Å². The number of benzene rings is 1. The van der Waals surface area contributed by atoms with Crippen molar-refractivity contribution in [3.63, 3.8) is 0 Å². The SMILES string of the molecule is COc1ccc([C@H]2[C@@H]3CCCC[C@H]3[C@@H]2NCc2cccnc2)cc1OC. The molecule has 0 unspecified atom stereocenters. The van der Waals surface area contributed by atoms with Crippen LogP contribution in [-0.4, -0.2) is 25.2 Å². The number of rotatable bonds is 6. The van der Waals surface area contributed by atoms with Crippen molar-refractivity contribution in [1.82, 2.24) is 10.3 Å². The largest absolute Gasteiger partial charge is 0.493 e. The van der Waals surface area contributed by atoms with Gasteiger partial charge in [-0.2, -0.15) is 0 Å². The average molecular weight is 352 g/mol. The lowest BCUT2D eigenvalue weighted by atomic mass is 9.53. The third kappa shape index (κ3) is 3.18. The highest BCUT2D eigenvalue weighted by Gasteiger charge is 2.51. The summed E-state index contributed by atoms with van der Waals surface area (Å²) >= 11 is 0. The summed E-state index contributed by atoms with van der Waals surface area (Å²) in [6.45, 7) is 0.880. The van der Waals surface area contributed by atoms with Gasteiger partial charge in [-0.25, -0.2) is 0 Å². The number of methoxy groups -OCH3 is 2. The van der Waals surface area contributed by atoms with Crippen LogP contribution in [0, 0.1) is 11.8 Å². The first-order valence-electron chi connectivity index (χ1n) is 9.66. The molecule has 4 heteroatoms. The minimum Gasteiger partial charge on any atom is -0.493 e. The average Bonchev–Trinajstić information content (AvgIpc) is 2.69. The van der Waals surface area contributed by atoms with Gasteiger partial charge in [0, 0.05) is 30.9 Å². The van der Waals surface area contributed by atoms with Gasteiger partial charge in [0.2, 0.25) is 0 Å². The lowest BCUT2D eigenvalue weighted by Crippen LogP contribution is -2.57. The molecule has 2 aromatic rings. The van der Waals surface area contributed by atoms with E-state index in [9.17, 15) is 0 Å². The highest BCUT2D eigenvalue weighted by atomic mass is 16.5. The fraction of sp³-hybridized carbons (Fsp3) is 0.500. The Labute approximate surface area is 155 Å². The smallest absolute Gasteiger partial charge is 0.160 e. The minimum atomic E-state index is 0.526. The molecule has 2 aliphatic rings. The summed E-state index contributed by atoms with van der Waals surface area (Å²) in [5.74, 6) is 3.76. The topological polar surface area (TPSA) is 43.4 Å². The van der Waals surface area contributed by atoms with Crippen LogP contribution in [0.5, 0.6) is 11.5 Å². The first-order chi connectivity index (χ1) is 12.8. The molecular weight excluding hydrogens is 324 g/mol. The quantitative estimate of drug-likeness (QED) is 0.848. The molecule has 0 amide bonds. The Balaban J connectivity index is 1.55. The molecule has 4 nitrogen and oxygen atoms in total. The predicted molar refractivity (Wildman–Crippen MR) is 103 cm³/mol. The van der Waals surface area contributed by atoms with Crippen LogP contribution in [0.1, 0.15) is 42.7 Å². The van der Waals surface area contributed by atoms with E-state index in [1.54, 1.807) is 14.2 Å². The Kier molecular flexibility index (Phi) is 5.11. The lowest BCUT2D eigenvalue weighted by molar-refractivity contribution is 0.0253. The Morgan fingerprint density at radius 3 is 2.58 bits per heavy atom. The molecule has 1 aromatic carbocycles. The van der Waals surface area contributed by atoms with E-state index in [2.05, 4.69) is 28.5 Å². The van der Waals surface area contributed by atoms with Gasteiger partial charge in [-0.05, 0) is 54.0 Å². The van der Waals surface area contributed by atoms with Crippen LogP contribution in [-0.2, 0) is 6.54 Å². The van der Waals surface area contributed by atoms with Crippen molar-refractivity contribution in [3.05, 3.63) is 53.9 Å². The van der Waals surface area contributed by atoms with Gasteiger partial charge in [-0.1, -0.05) is 25.0 Å². The molecule has 0 spiro atoms. The molecule has 4 rings (SSSR count). The maximum absolute atomic E-state index is 5.54. The Bertz CT molecular complexity index is 734. The fourth-order valence-corrected chi connectivity index (χ4v) is 5.00. The lowest BCUT2D eigenvalue weighted by Gasteiger charge is -2.55. The summed E-state index contributed by atoms with van der Waals surface area (Å²) in [7, 11) is 3.40. The van der Waals surface area contributed by atoms with Crippen molar-refractivity contribution in [3.8, 4) is 11.5 Å². The summed E-state index contributed by atoms with van der Waals surface area (Å²) in [5.41, 5.74) is 2.62. The van der Waals surface area contributed by atoms with Gasteiger partial charge < -0.3 is 14.8 Å². The highest BCUT2D eigenvalue weighted by molar-refractivity contribution is 5.45. The van der Waals surface area contributed by atoms with Gasteiger partial charge in [0.25, 0.3) is 0 Å². The molecule has 2 saturated carbocycles. The summed E-state index contributed by atoms with van der Waals surface area (Å²) < 4.78 is 11.0. The third-order valence-electron chi connectivity index (χ3n) is 6.24. The van der Waals surface area contributed by atoms with Gasteiger partial charge in [-0.3, -0.25) is 4.98 Å². The van der Waals surface area contributed by atoms with E-state index in [-0.39, 0.29) is 0 Å². The number of nitrogens with zero attached hydrogens (tertiary/aromatic N) is 1. The maximum atomic E-state index is 5.54. The van der Waals surface area contributed by atoms with Crippen molar-refractivity contribution in [1.29, 1.82) is 0 Å². The Hall–Kier alpha value is -2.07. The molecule has 2 fully saturated rings. The molecule has 4 atom stereocenters. The highest BCUT2D eigenvalue weighted by Crippen LogP contribution is 2.55. The third-order valence-corrected chi connectivity index (χ3v) is 6.24. The van der Waals surface area contributed by atoms with Gasteiger partial charge in [-0.15, -0.1) is 0 Å². The summed E-state index contributed by atoms with van der Waals surface area (Å²) in [6, 6.07) is 11.1. The Morgan fingerprint density at radius 2 is 1.85 bits per heavy atom. The monoisotopic (exact) mass is 352 g/mol. The number of hydrogen-bond donors (Lipinski definition) is 1. The number of hydrogen-bond acceptors (Lipinski definition) is 4. The predicted octanol–water partition coefficient (Wildman–Crippen LogP) is 4.16. The van der Waals surface area contributed by atoms with Crippen LogP contribution in [0.15, 0.2) is 42.7 Å². The van der Waals surface area contributed by atoms with Crippen LogP contribution in [0.3, 0.4) is 0 Å². The van der Waals surface area contributed by atoms with E-state index < -0.39 is 0 Å². The number of ether oxygens (including phenoxy) is 2. The molecule has 1 heterocycles. The summed E-state index contributed by atoms with van der Waals surface area (Å²) in [4.78, 5) is 4.24. The van der Waals surface area contributed by atoms with Gasteiger partial charge in [0.1, 0.15) is 0 Å². The maximum Gasteiger partial charge on any atom is 0.160 e. The molecule has 2 aliphatic carbocycles. The minimum absolute atomic E-state index is 0.526. The van der Waals surface area contributed by atoms with E-state index in [0.29, 0.717) is 12.0 Å². The zero-order valence-electron chi connectivity index (χ0n) is 15.7. The molecule has 0 bridgehead atoms. The first-order valence-corrected chi connectivity index (χ1v) is 9.66. The van der Waals surface area contributed by atoms with Crippen LogP contribution in [0.4, 0.5) is 0 Å². The van der Waals surface area contributed by atoms with Crippen LogP contribution < -0.4 is 14.8 Å². The summed E-state index contributed by atoms with van der Waals surface area (Å²) in [5, 5.41) is 3.84.